The Kier molecular flexibility index (Phi) is 5.36. The standard InChI is InChI=1S/C13H21BrN4/c1-5-7-16-13(4,9-15)6-8-18-11(3)12(14)10(2)17-18/h16H,5-8H2,1-4H3. The highest BCUT2D eigenvalue weighted by atomic mass is 79.9. The molecule has 18 heavy (non-hydrogen) atoms. The van der Waals surface area contributed by atoms with Gasteiger partial charge in [-0.3, -0.25) is 10.00 Å². The average molecular weight is 313 g/mol. The molecule has 0 aliphatic rings. The second-order valence-corrected chi connectivity index (χ2v) is 5.62. The van der Waals surface area contributed by atoms with E-state index >= 15 is 0 Å². The van der Waals surface area contributed by atoms with E-state index in [1.54, 1.807) is 0 Å². The number of halogens is 1. The quantitative estimate of drug-likeness (QED) is 0.878. The summed E-state index contributed by atoms with van der Waals surface area (Å²) in [6, 6.07) is 2.36. The molecule has 0 aliphatic carbocycles. The molecule has 5 heteroatoms. The summed E-state index contributed by atoms with van der Waals surface area (Å²) in [6.45, 7) is 9.68. The van der Waals surface area contributed by atoms with Crippen LogP contribution >= 0.6 is 15.9 Å². The zero-order chi connectivity index (χ0) is 13.8. The highest BCUT2D eigenvalue weighted by Crippen LogP contribution is 2.21. The van der Waals surface area contributed by atoms with Gasteiger partial charge in [0.05, 0.1) is 16.2 Å². The number of nitrogens with one attached hydrogen (secondary N) is 1. The van der Waals surface area contributed by atoms with Gasteiger partial charge in [-0.1, -0.05) is 6.92 Å². The Morgan fingerprint density at radius 3 is 2.61 bits per heavy atom. The van der Waals surface area contributed by atoms with Crippen LogP contribution < -0.4 is 5.32 Å². The number of hydrogen-bond acceptors (Lipinski definition) is 3. The summed E-state index contributed by atoms with van der Waals surface area (Å²) >= 11 is 3.52. The molecule has 1 atom stereocenters. The molecule has 0 fully saturated rings. The van der Waals surface area contributed by atoms with Crippen LogP contribution in [0.3, 0.4) is 0 Å². The van der Waals surface area contributed by atoms with Crippen molar-refractivity contribution in [2.24, 2.45) is 0 Å². The molecule has 0 saturated carbocycles. The first-order valence-electron chi connectivity index (χ1n) is 6.29. The number of nitrogens with zero attached hydrogens (tertiary/aromatic N) is 3. The minimum absolute atomic E-state index is 0.477. The van der Waals surface area contributed by atoms with E-state index in [2.05, 4.69) is 39.3 Å². The van der Waals surface area contributed by atoms with E-state index in [0.717, 1.165) is 41.8 Å². The van der Waals surface area contributed by atoms with Gasteiger partial charge in [-0.2, -0.15) is 10.4 Å². The van der Waals surface area contributed by atoms with Crippen molar-refractivity contribution in [3.05, 3.63) is 15.9 Å². The summed E-state index contributed by atoms with van der Waals surface area (Å²) in [7, 11) is 0. The fourth-order valence-electron chi connectivity index (χ4n) is 1.81. The molecule has 0 aromatic carbocycles. The Bertz CT molecular complexity index is 447. The van der Waals surface area contributed by atoms with E-state index in [9.17, 15) is 5.26 Å². The molecule has 1 rings (SSSR count). The molecule has 1 aromatic heterocycles. The normalized spacial score (nSPS) is 14.2. The van der Waals surface area contributed by atoms with Gasteiger partial charge in [0.2, 0.25) is 0 Å². The molecule has 1 N–H and O–H groups in total. The third kappa shape index (κ3) is 3.56. The van der Waals surface area contributed by atoms with Crippen LogP contribution in [0.25, 0.3) is 0 Å². The summed E-state index contributed by atoms with van der Waals surface area (Å²) < 4.78 is 3.02. The van der Waals surface area contributed by atoms with Gasteiger partial charge in [0.15, 0.2) is 0 Å². The SMILES string of the molecule is CCCNC(C)(C#N)CCn1nc(C)c(Br)c1C. The maximum absolute atomic E-state index is 9.27. The second kappa shape index (κ2) is 6.35. The maximum Gasteiger partial charge on any atom is 0.105 e. The molecule has 100 valence electrons. The molecule has 0 amide bonds. The van der Waals surface area contributed by atoms with Crippen LogP contribution in [0, 0.1) is 25.2 Å². The fourth-order valence-corrected chi connectivity index (χ4v) is 2.09. The largest absolute Gasteiger partial charge is 0.300 e. The van der Waals surface area contributed by atoms with Crippen LogP contribution in [0.1, 0.15) is 38.1 Å². The van der Waals surface area contributed by atoms with Gasteiger partial charge in [0.25, 0.3) is 0 Å². The fraction of sp³-hybridized carbons (Fsp3) is 0.692. The van der Waals surface area contributed by atoms with Crippen molar-refractivity contribution in [3.63, 3.8) is 0 Å². The lowest BCUT2D eigenvalue weighted by atomic mass is 10.00. The first kappa shape index (κ1) is 15.2. The molecule has 0 spiro atoms. The molecular formula is C13H21BrN4. The summed E-state index contributed by atoms with van der Waals surface area (Å²) in [5, 5.41) is 17.0. The van der Waals surface area contributed by atoms with Gasteiger partial charge in [0, 0.05) is 12.2 Å². The van der Waals surface area contributed by atoms with Crippen LogP contribution in [0.5, 0.6) is 0 Å². The number of rotatable bonds is 6. The average Bonchev–Trinajstić information content (AvgIpc) is 2.61. The molecule has 1 aromatic rings. The predicted octanol–water partition coefficient (Wildman–Crippen LogP) is 2.93. The van der Waals surface area contributed by atoms with Crippen molar-refractivity contribution in [1.82, 2.24) is 15.1 Å². The van der Waals surface area contributed by atoms with Crippen molar-refractivity contribution in [2.75, 3.05) is 6.54 Å². The van der Waals surface area contributed by atoms with Crippen molar-refractivity contribution >= 4 is 15.9 Å². The van der Waals surface area contributed by atoms with Gasteiger partial charge in [0.1, 0.15) is 5.54 Å². The first-order chi connectivity index (χ1) is 8.43. The van der Waals surface area contributed by atoms with Crippen molar-refractivity contribution in [1.29, 1.82) is 5.26 Å². The molecule has 0 bridgehead atoms. The first-order valence-corrected chi connectivity index (χ1v) is 7.08. The van der Waals surface area contributed by atoms with Gasteiger partial charge in [-0.15, -0.1) is 0 Å². The van der Waals surface area contributed by atoms with Crippen molar-refractivity contribution < 1.29 is 0 Å². The molecule has 4 nitrogen and oxygen atoms in total. The van der Waals surface area contributed by atoms with Crippen LogP contribution in [0.2, 0.25) is 0 Å². The summed E-state index contributed by atoms with van der Waals surface area (Å²) in [5.74, 6) is 0. The zero-order valence-corrected chi connectivity index (χ0v) is 13.1. The third-order valence-electron chi connectivity index (χ3n) is 3.13. The van der Waals surface area contributed by atoms with Gasteiger partial charge < -0.3 is 0 Å². The van der Waals surface area contributed by atoms with Crippen LogP contribution in [-0.4, -0.2) is 21.9 Å². The summed E-state index contributed by atoms with van der Waals surface area (Å²) in [6.07, 6.45) is 1.78. The topological polar surface area (TPSA) is 53.6 Å². The predicted molar refractivity (Wildman–Crippen MR) is 76.3 cm³/mol. The van der Waals surface area contributed by atoms with Gasteiger partial charge in [-0.25, -0.2) is 0 Å². The minimum Gasteiger partial charge on any atom is -0.300 e. The number of aryl methyl sites for hydroxylation is 2. The van der Waals surface area contributed by atoms with E-state index in [0.29, 0.717) is 0 Å². The van der Waals surface area contributed by atoms with E-state index in [1.165, 1.54) is 0 Å². The molecule has 0 radical (unpaired) electrons. The van der Waals surface area contributed by atoms with E-state index < -0.39 is 5.54 Å². The van der Waals surface area contributed by atoms with Crippen LogP contribution in [0.4, 0.5) is 0 Å². The Labute approximate surface area is 117 Å². The second-order valence-electron chi connectivity index (χ2n) is 4.83. The lowest BCUT2D eigenvalue weighted by Gasteiger charge is -2.23. The molecule has 1 heterocycles. The number of hydrogen-bond donors (Lipinski definition) is 1. The molecule has 0 aliphatic heterocycles. The molecular weight excluding hydrogens is 292 g/mol. The van der Waals surface area contributed by atoms with Crippen molar-refractivity contribution in [3.8, 4) is 6.07 Å². The lowest BCUT2D eigenvalue weighted by molar-refractivity contribution is 0.380. The zero-order valence-electron chi connectivity index (χ0n) is 11.5. The number of nitriles is 1. The van der Waals surface area contributed by atoms with Crippen molar-refractivity contribution in [2.45, 2.75) is 52.6 Å². The maximum atomic E-state index is 9.27. The third-order valence-corrected chi connectivity index (χ3v) is 4.28. The van der Waals surface area contributed by atoms with Crippen LogP contribution in [0.15, 0.2) is 4.47 Å². The Morgan fingerprint density at radius 2 is 2.17 bits per heavy atom. The van der Waals surface area contributed by atoms with Crippen LogP contribution in [-0.2, 0) is 6.54 Å². The monoisotopic (exact) mass is 312 g/mol. The molecule has 1 unspecified atom stereocenters. The Hall–Kier alpha value is -0.860. The number of aromatic nitrogens is 2. The smallest absolute Gasteiger partial charge is 0.105 e. The summed E-state index contributed by atoms with van der Waals surface area (Å²) in [5.41, 5.74) is 1.63. The summed E-state index contributed by atoms with van der Waals surface area (Å²) in [4.78, 5) is 0. The van der Waals surface area contributed by atoms with Gasteiger partial charge in [-0.05, 0) is 56.1 Å². The van der Waals surface area contributed by atoms with E-state index in [-0.39, 0.29) is 0 Å². The highest BCUT2D eigenvalue weighted by molar-refractivity contribution is 9.10. The van der Waals surface area contributed by atoms with E-state index in [4.69, 9.17) is 0 Å². The highest BCUT2D eigenvalue weighted by Gasteiger charge is 2.23. The van der Waals surface area contributed by atoms with E-state index in [1.807, 2.05) is 25.5 Å². The lowest BCUT2D eigenvalue weighted by Crippen LogP contribution is -2.42. The minimum atomic E-state index is -0.477. The Balaban J connectivity index is 2.68. The molecule has 0 saturated heterocycles. The Morgan fingerprint density at radius 1 is 1.50 bits per heavy atom. The van der Waals surface area contributed by atoms with Gasteiger partial charge >= 0.3 is 0 Å².